The molecule has 35 heavy (non-hydrogen) atoms. The number of benzene rings is 3. The third-order valence-electron chi connectivity index (χ3n) is 4.89. The highest BCUT2D eigenvalue weighted by molar-refractivity contribution is 14.1. The lowest BCUT2D eigenvalue weighted by Crippen LogP contribution is -2.17. The lowest BCUT2D eigenvalue weighted by molar-refractivity contribution is 0.100. The maximum atomic E-state index is 15.0. The zero-order chi connectivity index (χ0) is 25.7. The molecule has 0 fully saturated rings. The van der Waals surface area contributed by atoms with Crippen LogP contribution in [0.25, 0.3) is 0 Å². The molecule has 0 aliphatic heterocycles. The molecule has 0 bridgehead atoms. The normalized spacial score (nSPS) is 11.8. The lowest BCUT2D eigenvalue weighted by atomic mass is 9.99. The Kier molecular flexibility index (Phi) is 9.08. The minimum absolute atomic E-state index is 0.0446. The third kappa shape index (κ3) is 6.49. The number of nitrogens with one attached hydrogen (secondary N) is 2. The fourth-order valence-electron chi connectivity index (χ4n) is 3.18. The summed E-state index contributed by atoms with van der Waals surface area (Å²) in [7, 11) is -0.195. The summed E-state index contributed by atoms with van der Waals surface area (Å²) in [5, 5.41) is 2.39. The van der Waals surface area contributed by atoms with E-state index in [0.717, 1.165) is 6.07 Å². The number of anilines is 3. The summed E-state index contributed by atoms with van der Waals surface area (Å²) >= 11 is 1.88. The van der Waals surface area contributed by atoms with Crippen LogP contribution in [0, 0.1) is 26.8 Å². The molecule has 3 aromatic carbocycles. The number of carbonyl (C=O) groups is 1. The van der Waals surface area contributed by atoms with Gasteiger partial charge in [-0.05, 0) is 64.0 Å². The number of nitrogens with two attached hydrogens (primary N) is 1. The van der Waals surface area contributed by atoms with Gasteiger partial charge in [-0.15, -0.1) is 0 Å². The van der Waals surface area contributed by atoms with Gasteiger partial charge in [0.2, 0.25) is 0 Å². The molecule has 0 saturated heterocycles. The molecule has 0 aliphatic carbocycles. The van der Waals surface area contributed by atoms with Gasteiger partial charge in [-0.3, -0.25) is 4.79 Å². The SMILES string of the molecule is COCCS(=O)Nc1cccc(Cc2cc(C(N)=O)c(Nc3ccc(I)cc3F)c(F)c2F)c1F. The van der Waals surface area contributed by atoms with Gasteiger partial charge in [0, 0.05) is 17.1 Å². The predicted molar refractivity (Wildman–Crippen MR) is 135 cm³/mol. The van der Waals surface area contributed by atoms with Crippen molar-refractivity contribution in [2.24, 2.45) is 5.73 Å². The van der Waals surface area contributed by atoms with Crippen LogP contribution in [-0.4, -0.2) is 29.6 Å². The van der Waals surface area contributed by atoms with Gasteiger partial charge < -0.3 is 20.5 Å². The molecule has 6 nitrogen and oxygen atoms in total. The molecule has 3 aromatic rings. The summed E-state index contributed by atoms with van der Waals surface area (Å²) in [6.45, 7) is 0.188. The zero-order valence-corrected chi connectivity index (χ0v) is 21.2. The van der Waals surface area contributed by atoms with Crippen LogP contribution in [0.1, 0.15) is 21.5 Å². The first-order valence-electron chi connectivity index (χ1n) is 10.1. The Morgan fingerprint density at radius 3 is 2.43 bits per heavy atom. The number of carbonyl (C=O) groups excluding carboxylic acids is 1. The molecule has 4 N–H and O–H groups in total. The number of amides is 1. The van der Waals surface area contributed by atoms with Crippen molar-refractivity contribution in [3.8, 4) is 0 Å². The maximum absolute atomic E-state index is 15.0. The third-order valence-corrected chi connectivity index (χ3v) is 6.55. The first kappa shape index (κ1) is 26.9. The van der Waals surface area contributed by atoms with E-state index in [4.69, 9.17) is 10.5 Å². The number of hydrogen-bond donors (Lipinski definition) is 3. The minimum Gasteiger partial charge on any atom is -0.384 e. The van der Waals surface area contributed by atoms with E-state index in [9.17, 15) is 22.2 Å². The summed E-state index contributed by atoms with van der Waals surface area (Å²) in [5.74, 6) is -5.37. The summed E-state index contributed by atoms with van der Waals surface area (Å²) < 4.78 is 79.1. The van der Waals surface area contributed by atoms with Gasteiger partial charge in [-0.2, -0.15) is 0 Å². The van der Waals surface area contributed by atoms with E-state index in [2.05, 4.69) is 10.0 Å². The van der Waals surface area contributed by atoms with Crippen LogP contribution in [0.4, 0.5) is 34.6 Å². The Balaban J connectivity index is 1.96. The molecule has 0 saturated carbocycles. The largest absolute Gasteiger partial charge is 0.384 e. The van der Waals surface area contributed by atoms with Crippen molar-refractivity contribution in [1.29, 1.82) is 0 Å². The topological polar surface area (TPSA) is 93.4 Å². The van der Waals surface area contributed by atoms with Crippen molar-refractivity contribution in [3.63, 3.8) is 0 Å². The van der Waals surface area contributed by atoms with E-state index in [0.29, 0.717) is 3.57 Å². The van der Waals surface area contributed by atoms with Gasteiger partial charge in [0.25, 0.3) is 5.91 Å². The molecule has 186 valence electrons. The molecule has 12 heteroatoms. The zero-order valence-electron chi connectivity index (χ0n) is 18.3. The number of ether oxygens (including phenoxy) is 1. The number of hydrogen-bond acceptors (Lipinski definition) is 4. The van der Waals surface area contributed by atoms with Gasteiger partial charge in [0.15, 0.2) is 17.5 Å². The Labute approximate surface area is 215 Å². The molecule has 0 heterocycles. The van der Waals surface area contributed by atoms with Crippen LogP contribution in [0.5, 0.6) is 0 Å². The van der Waals surface area contributed by atoms with E-state index in [1.165, 1.54) is 43.5 Å². The van der Waals surface area contributed by atoms with E-state index < -0.39 is 57.8 Å². The fraction of sp³-hybridized carbons (Fsp3) is 0.174. The first-order valence-corrected chi connectivity index (χ1v) is 12.5. The average molecular weight is 621 g/mol. The van der Waals surface area contributed by atoms with Gasteiger partial charge in [0.1, 0.15) is 16.8 Å². The highest BCUT2D eigenvalue weighted by Gasteiger charge is 2.23. The molecule has 0 spiro atoms. The van der Waals surface area contributed by atoms with Gasteiger partial charge in [-0.25, -0.2) is 21.8 Å². The molecular formula is C23H20F4IN3O3S. The van der Waals surface area contributed by atoms with Crippen LogP contribution in [0.15, 0.2) is 42.5 Å². The van der Waals surface area contributed by atoms with Crippen molar-refractivity contribution in [2.75, 3.05) is 29.5 Å². The van der Waals surface area contributed by atoms with Crippen molar-refractivity contribution in [1.82, 2.24) is 0 Å². The second-order valence-electron chi connectivity index (χ2n) is 7.30. The Bertz CT molecular complexity index is 1290. The Hall–Kier alpha value is -2.71. The monoisotopic (exact) mass is 621 g/mol. The van der Waals surface area contributed by atoms with Crippen LogP contribution in [0.2, 0.25) is 0 Å². The van der Waals surface area contributed by atoms with Crippen molar-refractivity contribution in [2.45, 2.75) is 6.42 Å². The molecule has 0 aliphatic rings. The Morgan fingerprint density at radius 1 is 1.03 bits per heavy atom. The number of rotatable bonds is 10. The average Bonchev–Trinajstić information content (AvgIpc) is 2.81. The summed E-state index contributed by atoms with van der Waals surface area (Å²) in [5.41, 5.74) is 3.62. The second-order valence-corrected chi connectivity index (χ2v) is 9.85. The van der Waals surface area contributed by atoms with Crippen LogP contribution in [-0.2, 0) is 22.1 Å². The molecule has 1 atom stereocenters. The molecule has 3 rings (SSSR count). The maximum Gasteiger partial charge on any atom is 0.250 e. The van der Waals surface area contributed by atoms with E-state index in [1.54, 1.807) is 0 Å². The van der Waals surface area contributed by atoms with E-state index in [1.807, 2.05) is 22.6 Å². The Morgan fingerprint density at radius 2 is 1.77 bits per heavy atom. The van der Waals surface area contributed by atoms with Crippen LogP contribution in [0.3, 0.4) is 0 Å². The molecule has 0 radical (unpaired) electrons. The quantitative estimate of drug-likeness (QED) is 0.220. The smallest absolute Gasteiger partial charge is 0.250 e. The van der Waals surface area contributed by atoms with Crippen molar-refractivity contribution < 1.29 is 31.3 Å². The van der Waals surface area contributed by atoms with E-state index in [-0.39, 0.29) is 34.9 Å². The first-order chi connectivity index (χ1) is 16.6. The number of primary amides is 1. The highest BCUT2D eigenvalue weighted by atomic mass is 127. The standard InChI is InChI=1S/C23H20F4IN3O3S/c1-34-7-8-35(33)31-18-4-2-3-12(19(18)25)9-13-10-15(23(29)32)22(21(27)20(13)26)30-17-6-5-14(28)11-16(17)24/h2-6,10-11,30-31H,7-9H2,1H3,(H2,29,32). The van der Waals surface area contributed by atoms with Crippen molar-refractivity contribution >= 4 is 56.5 Å². The number of methoxy groups -OCH3 is 1. The summed E-state index contributed by atoms with van der Waals surface area (Å²) in [6.07, 6.45) is -0.437. The van der Waals surface area contributed by atoms with Gasteiger partial charge in [0.05, 0.1) is 35.0 Å². The van der Waals surface area contributed by atoms with Crippen molar-refractivity contribution in [3.05, 3.63) is 86.0 Å². The summed E-state index contributed by atoms with van der Waals surface area (Å²) in [4.78, 5) is 12.0. The fourth-order valence-corrected chi connectivity index (χ4v) is 4.46. The molecule has 0 aromatic heterocycles. The van der Waals surface area contributed by atoms with Gasteiger partial charge in [-0.1, -0.05) is 12.1 Å². The molecule has 1 amide bonds. The second kappa shape index (κ2) is 11.8. The number of halogens is 5. The van der Waals surface area contributed by atoms with Crippen LogP contribution >= 0.6 is 22.6 Å². The predicted octanol–water partition coefficient (Wildman–Crippen LogP) is 5.00. The summed E-state index contributed by atoms with van der Waals surface area (Å²) in [6, 6.07) is 9.13. The molecule has 1 unspecified atom stereocenters. The lowest BCUT2D eigenvalue weighted by Gasteiger charge is -2.16. The van der Waals surface area contributed by atoms with Crippen LogP contribution < -0.4 is 15.8 Å². The highest BCUT2D eigenvalue weighted by Crippen LogP contribution is 2.32. The van der Waals surface area contributed by atoms with Gasteiger partial charge >= 0.3 is 0 Å². The minimum atomic E-state index is -1.63. The molecular weight excluding hydrogens is 601 g/mol. The van der Waals surface area contributed by atoms with E-state index >= 15 is 4.39 Å².